The van der Waals surface area contributed by atoms with E-state index in [4.69, 9.17) is 9.47 Å². The van der Waals surface area contributed by atoms with E-state index < -0.39 is 10.0 Å². The van der Waals surface area contributed by atoms with Crippen LogP contribution in [0.3, 0.4) is 0 Å². The number of rotatable bonds is 4. The van der Waals surface area contributed by atoms with Crippen LogP contribution < -0.4 is 9.46 Å². The average Bonchev–Trinajstić information content (AvgIpc) is 2.81. The van der Waals surface area contributed by atoms with Crippen LogP contribution in [0, 0.1) is 6.92 Å². The second-order valence-electron chi connectivity index (χ2n) is 4.34. The van der Waals surface area contributed by atoms with E-state index in [0.717, 1.165) is 5.56 Å². The molecule has 1 unspecified atom stereocenters. The summed E-state index contributed by atoms with van der Waals surface area (Å²) in [5.74, 6) is 0.354. The van der Waals surface area contributed by atoms with E-state index in [0.29, 0.717) is 25.4 Å². The summed E-state index contributed by atoms with van der Waals surface area (Å²) < 4.78 is 37.4. The van der Waals surface area contributed by atoms with E-state index in [1.165, 1.54) is 7.11 Å². The quantitative estimate of drug-likeness (QED) is 0.889. The van der Waals surface area contributed by atoms with Gasteiger partial charge in [-0.05, 0) is 31.0 Å². The highest BCUT2D eigenvalue weighted by molar-refractivity contribution is 7.89. The smallest absolute Gasteiger partial charge is 0.244 e. The zero-order chi connectivity index (χ0) is 13.2. The fourth-order valence-electron chi connectivity index (χ4n) is 1.90. The zero-order valence-corrected chi connectivity index (χ0v) is 11.3. The van der Waals surface area contributed by atoms with Gasteiger partial charge < -0.3 is 9.47 Å². The van der Waals surface area contributed by atoms with E-state index >= 15 is 0 Å². The Morgan fingerprint density at radius 3 is 2.83 bits per heavy atom. The van der Waals surface area contributed by atoms with Gasteiger partial charge in [-0.15, -0.1) is 0 Å². The summed E-state index contributed by atoms with van der Waals surface area (Å²) in [6.45, 7) is 2.86. The molecule has 0 aromatic heterocycles. The largest absolute Gasteiger partial charge is 0.495 e. The van der Waals surface area contributed by atoms with Gasteiger partial charge >= 0.3 is 0 Å². The van der Waals surface area contributed by atoms with Crippen molar-refractivity contribution in [1.82, 2.24) is 4.72 Å². The topological polar surface area (TPSA) is 64.6 Å². The van der Waals surface area contributed by atoms with Gasteiger partial charge in [0.05, 0.1) is 13.7 Å². The first kappa shape index (κ1) is 13.3. The third-order valence-electron chi connectivity index (χ3n) is 2.86. The van der Waals surface area contributed by atoms with E-state index in [2.05, 4.69) is 4.72 Å². The van der Waals surface area contributed by atoms with Crippen LogP contribution in [0.25, 0.3) is 0 Å². The zero-order valence-electron chi connectivity index (χ0n) is 10.5. The number of nitrogens with one attached hydrogen (secondary N) is 1. The molecule has 6 heteroatoms. The minimum atomic E-state index is -3.56. The molecule has 0 radical (unpaired) electrons. The fourth-order valence-corrected chi connectivity index (χ4v) is 3.41. The molecule has 1 aromatic rings. The average molecular weight is 271 g/mol. The Hall–Kier alpha value is -1.11. The first-order valence-corrected chi connectivity index (χ1v) is 7.26. The summed E-state index contributed by atoms with van der Waals surface area (Å²) in [5.41, 5.74) is 0.874. The summed E-state index contributed by atoms with van der Waals surface area (Å²) in [7, 11) is -2.10. The van der Waals surface area contributed by atoms with Gasteiger partial charge in [0.2, 0.25) is 10.0 Å². The molecule has 1 atom stereocenters. The number of sulfonamides is 1. The van der Waals surface area contributed by atoms with Gasteiger partial charge in [-0.3, -0.25) is 0 Å². The SMILES string of the molecule is COc1ccc(C)cc1S(=O)(=O)NC1CCOC1. The van der Waals surface area contributed by atoms with Crippen molar-refractivity contribution in [3.05, 3.63) is 23.8 Å². The Kier molecular flexibility index (Phi) is 3.89. The van der Waals surface area contributed by atoms with Gasteiger partial charge in [0.15, 0.2) is 0 Å². The second kappa shape index (κ2) is 5.26. The molecule has 0 aliphatic carbocycles. The Balaban J connectivity index is 2.30. The Morgan fingerprint density at radius 1 is 1.44 bits per heavy atom. The first-order valence-electron chi connectivity index (χ1n) is 5.77. The lowest BCUT2D eigenvalue weighted by Gasteiger charge is -2.14. The summed E-state index contributed by atoms with van der Waals surface area (Å²) >= 11 is 0. The maximum atomic E-state index is 12.3. The Bertz CT molecular complexity index is 521. The number of aryl methyl sites for hydroxylation is 1. The van der Waals surface area contributed by atoms with Crippen molar-refractivity contribution in [3.63, 3.8) is 0 Å². The number of hydrogen-bond acceptors (Lipinski definition) is 4. The van der Waals surface area contributed by atoms with Gasteiger partial charge in [-0.25, -0.2) is 13.1 Å². The van der Waals surface area contributed by atoms with E-state index in [-0.39, 0.29) is 10.9 Å². The summed E-state index contributed by atoms with van der Waals surface area (Å²) in [6.07, 6.45) is 0.702. The van der Waals surface area contributed by atoms with Crippen LogP contribution in [-0.2, 0) is 14.8 Å². The van der Waals surface area contributed by atoms with E-state index in [1.54, 1.807) is 12.1 Å². The van der Waals surface area contributed by atoms with Gasteiger partial charge in [0.25, 0.3) is 0 Å². The van der Waals surface area contributed by atoms with Gasteiger partial charge in [0.1, 0.15) is 10.6 Å². The molecule has 0 bridgehead atoms. The van der Waals surface area contributed by atoms with Crippen molar-refractivity contribution in [1.29, 1.82) is 0 Å². The van der Waals surface area contributed by atoms with Crippen molar-refractivity contribution in [3.8, 4) is 5.75 Å². The molecule has 5 nitrogen and oxygen atoms in total. The van der Waals surface area contributed by atoms with Crippen molar-refractivity contribution >= 4 is 10.0 Å². The Labute approximate surface area is 107 Å². The minimum absolute atomic E-state index is 0.153. The maximum absolute atomic E-state index is 12.3. The van der Waals surface area contributed by atoms with Crippen LogP contribution in [0.4, 0.5) is 0 Å². The normalized spacial score (nSPS) is 20.0. The molecule has 100 valence electrons. The molecule has 2 rings (SSSR count). The summed E-state index contributed by atoms with van der Waals surface area (Å²) in [4.78, 5) is 0.178. The molecule has 18 heavy (non-hydrogen) atoms. The van der Waals surface area contributed by atoms with Gasteiger partial charge in [-0.2, -0.15) is 0 Å². The molecule has 1 N–H and O–H groups in total. The maximum Gasteiger partial charge on any atom is 0.244 e. The lowest BCUT2D eigenvalue weighted by atomic mass is 10.2. The van der Waals surface area contributed by atoms with Crippen molar-refractivity contribution < 1.29 is 17.9 Å². The van der Waals surface area contributed by atoms with Crippen LogP contribution in [0.15, 0.2) is 23.1 Å². The van der Waals surface area contributed by atoms with Crippen LogP contribution in [0.1, 0.15) is 12.0 Å². The third kappa shape index (κ3) is 2.82. The van der Waals surface area contributed by atoms with Gasteiger partial charge in [-0.1, -0.05) is 6.07 Å². The van der Waals surface area contributed by atoms with Crippen LogP contribution in [0.5, 0.6) is 5.75 Å². The van der Waals surface area contributed by atoms with Crippen LogP contribution in [0.2, 0.25) is 0 Å². The third-order valence-corrected chi connectivity index (χ3v) is 4.40. The number of hydrogen-bond donors (Lipinski definition) is 1. The molecule has 1 fully saturated rings. The molecular weight excluding hydrogens is 254 g/mol. The minimum Gasteiger partial charge on any atom is -0.495 e. The molecule has 1 aliphatic heterocycles. The van der Waals surface area contributed by atoms with Crippen LogP contribution >= 0.6 is 0 Å². The van der Waals surface area contributed by atoms with E-state index in [1.807, 2.05) is 13.0 Å². The number of benzene rings is 1. The molecule has 1 heterocycles. The molecular formula is C12H17NO4S. The molecule has 1 saturated heterocycles. The second-order valence-corrected chi connectivity index (χ2v) is 6.02. The standard InChI is InChI=1S/C12H17NO4S/c1-9-3-4-11(16-2)12(7-9)18(14,15)13-10-5-6-17-8-10/h3-4,7,10,13H,5-6,8H2,1-2H3. The lowest BCUT2D eigenvalue weighted by Crippen LogP contribution is -2.35. The molecule has 0 amide bonds. The number of methoxy groups -OCH3 is 1. The fraction of sp³-hybridized carbons (Fsp3) is 0.500. The van der Waals surface area contributed by atoms with Crippen LogP contribution in [-0.4, -0.2) is 34.8 Å². The van der Waals surface area contributed by atoms with Crippen molar-refractivity contribution in [2.75, 3.05) is 20.3 Å². The molecule has 1 aliphatic rings. The first-order chi connectivity index (χ1) is 8.53. The number of ether oxygens (including phenoxy) is 2. The Morgan fingerprint density at radius 2 is 2.22 bits per heavy atom. The predicted octanol–water partition coefficient (Wildman–Crippen LogP) is 1.07. The predicted molar refractivity (Wildman–Crippen MR) is 67.3 cm³/mol. The highest BCUT2D eigenvalue weighted by Crippen LogP contribution is 2.25. The lowest BCUT2D eigenvalue weighted by molar-refractivity contribution is 0.192. The van der Waals surface area contributed by atoms with Gasteiger partial charge in [0, 0.05) is 12.6 Å². The molecule has 0 saturated carbocycles. The molecule has 1 aromatic carbocycles. The monoisotopic (exact) mass is 271 g/mol. The van der Waals surface area contributed by atoms with Crippen molar-refractivity contribution in [2.45, 2.75) is 24.3 Å². The highest BCUT2D eigenvalue weighted by Gasteiger charge is 2.25. The summed E-state index contributed by atoms with van der Waals surface area (Å²) in [5, 5.41) is 0. The summed E-state index contributed by atoms with van der Waals surface area (Å²) in [6, 6.07) is 4.93. The molecule has 0 spiro atoms. The highest BCUT2D eigenvalue weighted by atomic mass is 32.2. The van der Waals surface area contributed by atoms with E-state index in [9.17, 15) is 8.42 Å². The van der Waals surface area contributed by atoms with Crippen molar-refractivity contribution in [2.24, 2.45) is 0 Å².